The molecule has 2 heterocycles. The summed E-state index contributed by atoms with van der Waals surface area (Å²) in [5.74, 6) is 0.548. The smallest absolute Gasteiger partial charge is 0.416 e. The Morgan fingerprint density at radius 1 is 1.00 bits per heavy atom. The molecule has 2 aromatic carbocycles. The highest BCUT2D eigenvalue weighted by Gasteiger charge is 2.56. The van der Waals surface area contributed by atoms with Gasteiger partial charge in [0.1, 0.15) is 11.3 Å². The molecule has 0 atom stereocenters. The van der Waals surface area contributed by atoms with Gasteiger partial charge in [-0.25, -0.2) is 4.79 Å². The highest BCUT2D eigenvalue weighted by atomic mass is 19.4. The minimum absolute atomic E-state index is 0.203. The van der Waals surface area contributed by atoms with Gasteiger partial charge >= 0.3 is 12.2 Å². The molecule has 0 radical (unpaired) electrons. The Bertz CT molecular complexity index is 1050. The number of hydrogen-bond donors (Lipinski definition) is 0. The quantitative estimate of drug-likeness (QED) is 0.588. The van der Waals surface area contributed by atoms with Crippen LogP contribution in [-0.4, -0.2) is 66.0 Å². The summed E-state index contributed by atoms with van der Waals surface area (Å²) < 4.78 is 44.3. The van der Waals surface area contributed by atoms with E-state index in [1.807, 2.05) is 29.2 Å². The molecule has 2 saturated heterocycles. The monoisotopic (exact) mass is 475 g/mol. The van der Waals surface area contributed by atoms with Crippen molar-refractivity contribution < 1.29 is 27.5 Å². The van der Waals surface area contributed by atoms with Crippen LogP contribution in [0.1, 0.15) is 29.5 Å². The van der Waals surface area contributed by atoms with Gasteiger partial charge in [0.25, 0.3) is 5.91 Å². The number of methoxy groups -OCH3 is 1. The lowest BCUT2D eigenvalue weighted by Gasteiger charge is -2.42. The highest BCUT2D eigenvalue weighted by molar-refractivity contribution is 6.06. The Kier molecular flexibility index (Phi) is 6.58. The number of urea groups is 1. The van der Waals surface area contributed by atoms with Gasteiger partial charge in [0.05, 0.1) is 12.7 Å². The molecule has 34 heavy (non-hydrogen) atoms. The van der Waals surface area contributed by atoms with E-state index in [1.54, 1.807) is 18.1 Å². The van der Waals surface area contributed by atoms with Gasteiger partial charge in [-0.1, -0.05) is 30.3 Å². The number of rotatable bonds is 6. The van der Waals surface area contributed by atoms with Gasteiger partial charge < -0.3 is 9.64 Å². The predicted octanol–water partition coefficient (Wildman–Crippen LogP) is 4.19. The number of imide groups is 1. The van der Waals surface area contributed by atoms with E-state index < -0.39 is 17.3 Å². The number of ether oxygens (including phenoxy) is 1. The third kappa shape index (κ3) is 4.61. The molecule has 1 spiro atoms. The van der Waals surface area contributed by atoms with Crippen molar-refractivity contribution in [2.24, 2.45) is 0 Å². The van der Waals surface area contributed by atoms with Gasteiger partial charge in [0.15, 0.2) is 0 Å². The number of nitrogens with zero attached hydrogens (tertiary/aromatic N) is 3. The minimum atomic E-state index is -4.38. The summed E-state index contributed by atoms with van der Waals surface area (Å²) in [6.45, 7) is 1.81. The fraction of sp³-hybridized carbons (Fsp3) is 0.440. The Morgan fingerprint density at radius 2 is 1.68 bits per heavy atom. The molecule has 6 nitrogen and oxygen atoms in total. The van der Waals surface area contributed by atoms with Crippen molar-refractivity contribution in [3.8, 4) is 5.75 Å². The summed E-state index contributed by atoms with van der Waals surface area (Å²) in [5.41, 5.74) is 0.0463. The molecular weight excluding hydrogens is 447 g/mol. The molecule has 0 aromatic heterocycles. The van der Waals surface area contributed by atoms with Gasteiger partial charge in [0, 0.05) is 33.2 Å². The van der Waals surface area contributed by atoms with Crippen LogP contribution in [-0.2, 0) is 23.9 Å². The van der Waals surface area contributed by atoms with E-state index in [-0.39, 0.29) is 11.9 Å². The van der Waals surface area contributed by atoms with E-state index in [4.69, 9.17) is 4.74 Å². The lowest BCUT2D eigenvalue weighted by atomic mass is 9.85. The Hall–Kier alpha value is -3.07. The maximum Gasteiger partial charge on any atom is 0.416 e. The van der Waals surface area contributed by atoms with Crippen LogP contribution in [0.2, 0.25) is 0 Å². The zero-order valence-electron chi connectivity index (χ0n) is 19.3. The number of benzene rings is 2. The second-order valence-corrected chi connectivity index (χ2v) is 8.90. The molecule has 0 N–H and O–H groups in total. The third-order valence-electron chi connectivity index (χ3n) is 6.86. The number of halogens is 3. The first kappa shape index (κ1) is 24.1. The molecule has 2 aliphatic heterocycles. The second-order valence-electron chi connectivity index (χ2n) is 8.90. The van der Waals surface area contributed by atoms with Crippen molar-refractivity contribution in [1.82, 2.24) is 14.7 Å². The van der Waals surface area contributed by atoms with Crippen molar-refractivity contribution >= 4 is 11.9 Å². The molecule has 3 amide bonds. The summed E-state index contributed by atoms with van der Waals surface area (Å²) in [6, 6.07) is 12.6. The van der Waals surface area contributed by atoms with Gasteiger partial charge in [-0.3, -0.25) is 14.6 Å². The lowest BCUT2D eigenvalue weighted by Crippen LogP contribution is -2.56. The summed E-state index contributed by atoms with van der Waals surface area (Å²) in [4.78, 5) is 30.9. The maximum atomic E-state index is 13.1. The SMILES string of the molecule is COc1ccc(CCN2C(=O)N(C)C(=O)C23CCN(Cc2cccc(C(F)(F)F)c2)CC3)cc1. The zero-order chi connectivity index (χ0) is 24.5. The number of alkyl halides is 3. The van der Waals surface area contributed by atoms with E-state index >= 15 is 0 Å². The van der Waals surface area contributed by atoms with Crippen molar-refractivity contribution in [3.05, 3.63) is 65.2 Å². The number of likely N-dealkylation sites (N-methyl/N-ethyl adjacent to an activating group) is 1. The van der Waals surface area contributed by atoms with Gasteiger partial charge in [-0.05, 0) is 48.6 Å². The van der Waals surface area contributed by atoms with Crippen molar-refractivity contribution in [1.29, 1.82) is 0 Å². The van der Waals surface area contributed by atoms with E-state index in [9.17, 15) is 22.8 Å². The molecule has 0 saturated carbocycles. The lowest BCUT2D eigenvalue weighted by molar-refractivity contribution is -0.138. The molecule has 2 aliphatic rings. The molecule has 2 aromatic rings. The largest absolute Gasteiger partial charge is 0.497 e. The van der Waals surface area contributed by atoms with Gasteiger partial charge in [0.2, 0.25) is 0 Å². The predicted molar refractivity (Wildman–Crippen MR) is 120 cm³/mol. The number of carbonyl (C=O) groups excluding carboxylic acids is 2. The summed E-state index contributed by atoms with van der Waals surface area (Å²) in [6.07, 6.45) is -2.88. The number of piperidine rings is 1. The van der Waals surface area contributed by atoms with Crippen molar-refractivity contribution in [3.63, 3.8) is 0 Å². The topological polar surface area (TPSA) is 53.1 Å². The number of hydrogen-bond acceptors (Lipinski definition) is 4. The van der Waals surface area contributed by atoms with E-state index in [0.717, 1.165) is 17.4 Å². The molecule has 0 aliphatic carbocycles. The van der Waals surface area contributed by atoms with Crippen LogP contribution >= 0.6 is 0 Å². The normalized spacial score (nSPS) is 18.7. The van der Waals surface area contributed by atoms with E-state index in [2.05, 4.69) is 0 Å². The van der Waals surface area contributed by atoms with Crippen LogP contribution in [0.25, 0.3) is 0 Å². The maximum absolute atomic E-state index is 13.1. The van der Waals surface area contributed by atoms with Gasteiger partial charge in [-0.15, -0.1) is 0 Å². The standard InChI is InChI=1S/C25H28F3N3O3/c1-29-22(32)24(31(23(29)33)13-10-18-6-8-21(34-2)9-7-18)11-14-30(15-12-24)17-19-4-3-5-20(16-19)25(26,27)28/h3-9,16H,10-15,17H2,1-2H3. The van der Waals surface area contributed by atoms with Gasteiger partial charge in [-0.2, -0.15) is 13.2 Å². The highest BCUT2D eigenvalue weighted by Crippen LogP contribution is 2.37. The van der Waals surface area contributed by atoms with Crippen LogP contribution in [0.5, 0.6) is 5.75 Å². The average Bonchev–Trinajstić information content (AvgIpc) is 3.00. The number of amides is 3. The molecule has 0 bridgehead atoms. The summed E-state index contributed by atoms with van der Waals surface area (Å²) in [5, 5.41) is 0. The van der Waals surface area contributed by atoms with Crippen LogP contribution in [0.4, 0.5) is 18.0 Å². The number of likely N-dealkylation sites (tertiary alicyclic amines) is 1. The van der Waals surface area contributed by atoms with Crippen molar-refractivity contribution in [2.75, 3.05) is 33.8 Å². The molecule has 0 unspecified atom stereocenters. The first-order valence-corrected chi connectivity index (χ1v) is 11.3. The molecule has 4 rings (SSSR count). The molecule has 2 fully saturated rings. The first-order chi connectivity index (χ1) is 16.1. The van der Waals surface area contributed by atoms with Crippen molar-refractivity contribution in [2.45, 2.75) is 37.5 Å². The molecule has 9 heteroatoms. The van der Waals surface area contributed by atoms with Crippen LogP contribution in [0.3, 0.4) is 0 Å². The number of carbonyl (C=O) groups is 2. The Morgan fingerprint density at radius 3 is 2.29 bits per heavy atom. The second kappa shape index (κ2) is 9.29. The molecule has 182 valence electrons. The van der Waals surface area contributed by atoms with Crippen LogP contribution in [0, 0.1) is 0 Å². The summed E-state index contributed by atoms with van der Waals surface area (Å²) >= 11 is 0. The summed E-state index contributed by atoms with van der Waals surface area (Å²) in [7, 11) is 3.11. The van der Waals surface area contributed by atoms with E-state index in [0.29, 0.717) is 51.0 Å². The minimum Gasteiger partial charge on any atom is -0.497 e. The van der Waals surface area contributed by atoms with E-state index in [1.165, 1.54) is 24.1 Å². The fourth-order valence-corrected chi connectivity index (χ4v) is 4.89. The third-order valence-corrected chi connectivity index (χ3v) is 6.86. The average molecular weight is 476 g/mol. The molecular formula is C25H28F3N3O3. The zero-order valence-corrected chi connectivity index (χ0v) is 19.3. The fourth-order valence-electron chi connectivity index (χ4n) is 4.89. The Balaban J connectivity index is 1.44. The van der Waals surface area contributed by atoms with Crippen LogP contribution in [0.15, 0.2) is 48.5 Å². The van der Waals surface area contributed by atoms with Crippen LogP contribution < -0.4 is 4.74 Å². The first-order valence-electron chi connectivity index (χ1n) is 11.3. The Labute approximate surface area is 196 Å².